The molecule has 1 aromatic heterocycles. The first kappa shape index (κ1) is 12.5. The van der Waals surface area contributed by atoms with Gasteiger partial charge >= 0.3 is 5.97 Å². The number of carboxylic acids is 1. The summed E-state index contributed by atoms with van der Waals surface area (Å²) in [6, 6.07) is 5.11. The normalized spacial score (nSPS) is 19.7. The Balaban J connectivity index is 1.89. The predicted molar refractivity (Wildman–Crippen MR) is 76.8 cm³/mol. The second kappa shape index (κ2) is 5.25. The van der Waals surface area contributed by atoms with Crippen LogP contribution in [0.3, 0.4) is 0 Å². The molecule has 3 rings (SSSR count). The monoisotopic (exact) mass is 276 g/mol. The highest BCUT2D eigenvalue weighted by Gasteiger charge is 2.16. The minimum Gasteiger partial charge on any atom is -0.478 e. The Morgan fingerprint density at radius 1 is 1.47 bits per heavy atom. The average Bonchev–Trinajstić information content (AvgIpc) is 2.82. The van der Waals surface area contributed by atoms with E-state index in [2.05, 4.69) is 9.55 Å². The van der Waals surface area contributed by atoms with Gasteiger partial charge < -0.3 is 9.67 Å². The number of aromatic carboxylic acids is 1. The van der Waals surface area contributed by atoms with Gasteiger partial charge in [-0.15, -0.1) is 0 Å². The summed E-state index contributed by atoms with van der Waals surface area (Å²) in [7, 11) is 0. The minimum absolute atomic E-state index is 0.325. The molecule has 1 aliphatic heterocycles. The van der Waals surface area contributed by atoms with Gasteiger partial charge in [0.2, 0.25) is 0 Å². The molecule has 1 aliphatic rings. The van der Waals surface area contributed by atoms with Crippen molar-refractivity contribution in [3.05, 3.63) is 30.1 Å². The fourth-order valence-corrected chi connectivity index (χ4v) is 3.81. The maximum absolute atomic E-state index is 11.0. The van der Waals surface area contributed by atoms with Crippen LogP contribution in [0.5, 0.6) is 0 Å². The summed E-state index contributed by atoms with van der Waals surface area (Å²) in [5.41, 5.74) is 2.11. The molecule has 4 nitrogen and oxygen atoms in total. The summed E-state index contributed by atoms with van der Waals surface area (Å²) < 4.78 is 2.09. The van der Waals surface area contributed by atoms with E-state index >= 15 is 0 Å². The molecule has 1 N–H and O–H groups in total. The molecule has 0 amide bonds. The first-order chi connectivity index (χ1) is 9.24. The Kier molecular flexibility index (Phi) is 3.46. The first-order valence-corrected chi connectivity index (χ1v) is 7.59. The molecular weight excluding hydrogens is 260 g/mol. The van der Waals surface area contributed by atoms with Gasteiger partial charge in [0.05, 0.1) is 22.9 Å². The number of thioether (sulfide) groups is 1. The number of hydrogen-bond acceptors (Lipinski definition) is 3. The molecule has 1 aromatic carbocycles. The van der Waals surface area contributed by atoms with Gasteiger partial charge in [0, 0.05) is 11.8 Å². The molecule has 0 radical (unpaired) electrons. The Labute approximate surface area is 115 Å². The SMILES string of the molecule is O=C(O)c1ccc2ncn(CC3CCCCS3)c2c1. The predicted octanol–water partition coefficient (Wildman–Crippen LogP) is 3.02. The fraction of sp³-hybridized carbons (Fsp3) is 0.429. The highest BCUT2D eigenvalue weighted by molar-refractivity contribution is 7.99. The third-order valence-corrected chi connectivity index (χ3v) is 4.92. The summed E-state index contributed by atoms with van der Waals surface area (Å²) in [6.07, 6.45) is 5.67. The van der Waals surface area contributed by atoms with Crippen molar-refractivity contribution >= 4 is 28.8 Å². The van der Waals surface area contributed by atoms with Crippen molar-refractivity contribution in [2.75, 3.05) is 5.75 Å². The number of rotatable bonds is 3. The van der Waals surface area contributed by atoms with Gasteiger partial charge in [-0.3, -0.25) is 0 Å². The Hall–Kier alpha value is -1.49. The van der Waals surface area contributed by atoms with E-state index in [1.165, 1.54) is 25.0 Å². The molecule has 1 saturated heterocycles. The second-order valence-electron chi connectivity index (χ2n) is 4.89. The third-order valence-electron chi connectivity index (χ3n) is 3.54. The van der Waals surface area contributed by atoms with Crippen molar-refractivity contribution in [3.63, 3.8) is 0 Å². The molecule has 1 unspecified atom stereocenters. The van der Waals surface area contributed by atoms with Gasteiger partial charge in [-0.05, 0) is 36.8 Å². The molecular formula is C14H16N2O2S. The van der Waals surface area contributed by atoms with E-state index in [0.717, 1.165) is 17.6 Å². The first-order valence-electron chi connectivity index (χ1n) is 6.54. The molecule has 19 heavy (non-hydrogen) atoms. The number of nitrogens with zero attached hydrogens (tertiary/aromatic N) is 2. The molecule has 100 valence electrons. The molecule has 0 bridgehead atoms. The Bertz CT molecular complexity index is 603. The lowest BCUT2D eigenvalue weighted by Crippen LogP contribution is -2.16. The fourth-order valence-electron chi connectivity index (χ4n) is 2.51. The zero-order valence-electron chi connectivity index (χ0n) is 10.6. The van der Waals surface area contributed by atoms with E-state index in [0.29, 0.717) is 10.8 Å². The number of carboxylic acid groups (broad SMARTS) is 1. The van der Waals surface area contributed by atoms with Crippen LogP contribution >= 0.6 is 11.8 Å². The Morgan fingerprint density at radius 2 is 2.37 bits per heavy atom. The standard InChI is InChI=1S/C14H16N2O2S/c17-14(18)10-4-5-12-13(7-10)16(9-15-12)8-11-3-1-2-6-19-11/h4-5,7,9,11H,1-3,6,8H2,(H,17,18). The highest BCUT2D eigenvalue weighted by atomic mass is 32.2. The summed E-state index contributed by atoms with van der Waals surface area (Å²) >= 11 is 2.02. The van der Waals surface area contributed by atoms with Crippen LogP contribution in [-0.2, 0) is 6.54 Å². The highest BCUT2D eigenvalue weighted by Crippen LogP contribution is 2.27. The lowest BCUT2D eigenvalue weighted by atomic mass is 10.1. The molecule has 0 spiro atoms. The van der Waals surface area contributed by atoms with Crippen LogP contribution in [0.1, 0.15) is 29.6 Å². The summed E-state index contributed by atoms with van der Waals surface area (Å²) in [5.74, 6) is 0.346. The number of carbonyl (C=O) groups is 1. The van der Waals surface area contributed by atoms with Gasteiger partial charge in [0.1, 0.15) is 0 Å². The van der Waals surface area contributed by atoms with Crippen LogP contribution in [-0.4, -0.2) is 31.6 Å². The lowest BCUT2D eigenvalue weighted by molar-refractivity contribution is 0.0697. The maximum Gasteiger partial charge on any atom is 0.335 e. The van der Waals surface area contributed by atoms with Gasteiger partial charge in [-0.25, -0.2) is 9.78 Å². The van der Waals surface area contributed by atoms with Crippen molar-refractivity contribution < 1.29 is 9.90 Å². The van der Waals surface area contributed by atoms with E-state index in [1.54, 1.807) is 18.2 Å². The number of imidazole rings is 1. The molecule has 2 heterocycles. The van der Waals surface area contributed by atoms with Crippen molar-refractivity contribution in [1.82, 2.24) is 9.55 Å². The number of fused-ring (bicyclic) bond motifs is 1. The molecule has 5 heteroatoms. The van der Waals surface area contributed by atoms with Crippen LogP contribution in [0.15, 0.2) is 24.5 Å². The Morgan fingerprint density at radius 3 is 3.11 bits per heavy atom. The van der Waals surface area contributed by atoms with Crippen molar-refractivity contribution in [1.29, 1.82) is 0 Å². The quantitative estimate of drug-likeness (QED) is 0.936. The van der Waals surface area contributed by atoms with Gasteiger partial charge in [0.25, 0.3) is 0 Å². The number of benzene rings is 1. The van der Waals surface area contributed by atoms with Gasteiger partial charge in [0.15, 0.2) is 0 Å². The minimum atomic E-state index is -0.887. The van der Waals surface area contributed by atoms with Crippen molar-refractivity contribution in [2.45, 2.75) is 31.1 Å². The maximum atomic E-state index is 11.0. The summed E-state index contributed by atoms with van der Waals surface area (Å²) in [5, 5.41) is 9.68. The van der Waals surface area contributed by atoms with Crippen LogP contribution in [0, 0.1) is 0 Å². The topological polar surface area (TPSA) is 55.1 Å². The lowest BCUT2D eigenvalue weighted by Gasteiger charge is -2.21. The molecule has 2 aromatic rings. The van der Waals surface area contributed by atoms with Crippen LogP contribution in [0.25, 0.3) is 11.0 Å². The van der Waals surface area contributed by atoms with E-state index < -0.39 is 5.97 Å². The van der Waals surface area contributed by atoms with E-state index in [-0.39, 0.29) is 0 Å². The molecule has 1 fully saturated rings. The summed E-state index contributed by atoms with van der Waals surface area (Å²) in [6.45, 7) is 0.921. The van der Waals surface area contributed by atoms with Gasteiger partial charge in [-0.1, -0.05) is 6.42 Å². The zero-order valence-corrected chi connectivity index (χ0v) is 11.4. The van der Waals surface area contributed by atoms with Gasteiger partial charge in [-0.2, -0.15) is 11.8 Å². The molecule has 0 saturated carbocycles. The second-order valence-corrected chi connectivity index (χ2v) is 6.30. The smallest absolute Gasteiger partial charge is 0.335 e. The zero-order chi connectivity index (χ0) is 13.2. The van der Waals surface area contributed by atoms with Crippen LogP contribution in [0.4, 0.5) is 0 Å². The molecule has 0 aliphatic carbocycles. The summed E-state index contributed by atoms with van der Waals surface area (Å²) in [4.78, 5) is 15.4. The average molecular weight is 276 g/mol. The number of hydrogen-bond donors (Lipinski definition) is 1. The van der Waals surface area contributed by atoms with Crippen molar-refractivity contribution in [3.8, 4) is 0 Å². The van der Waals surface area contributed by atoms with E-state index in [1.807, 2.05) is 18.1 Å². The van der Waals surface area contributed by atoms with Crippen LogP contribution in [0.2, 0.25) is 0 Å². The van der Waals surface area contributed by atoms with Crippen molar-refractivity contribution in [2.24, 2.45) is 0 Å². The van der Waals surface area contributed by atoms with Crippen LogP contribution < -0.4 is 0 Å². The van der Waals surface area contributed by atoms with E-state index in [9.17, 15) is 4.79 Å². The number of aromatic nitrogens is 2. The largest absolute Gasteiger partial charge is 0.478 e. The third kappa shape index (κ3) is 2.61. The molecule has 1 atom stereocenters. The van der Waals surface area contributed by atoms with E-state index in [4.69, 9.17) is 5.11 Å².